The van der Waals surface area contributed by atoms with E-state index in [9.17, 15) is 19.5 Å². The van der Waals surface area contributed by atoms with Crippen molar-refractivity contribution < 1.29 is 14.7 Å². The number of rotatable bonds is 7. The number of aryl methyl sites for hydroxylation is 1. The van der Waals surface area contributed by atoms with Gasteiger partial charge in [-0.25, -0.2) is 9.78 Å². The van der Waals surface area contributed by atoms with Crippen LogP contribution in [0.15, 0.2) is 52.9 Å². The molecule has 8 heteroatoms. The van der Waals surface area contributed by atoms with Gasteiger partial charge < -0.3 is 10.0 Å². The summed E-state index contributed by atoms with van der Waals surface area (Å²) in [7, 11) is 0. The van der Waals surface area contributed by atoms with Crippen LogP contribution in [0.5, 0.6) is 0 Å². The van der Waals surface area contributed by atoms with Crippen LogP contribution < -0.4 is 5.56 Å². The highest BCUT2D eigenvalue weighted by Crippen LogP contribution is 2.14. The van der Waals surface area contributed by atoms with Gasteiger partial charge in [0.25, 0.3) is 5.56 Å². The molecule has 3 rings (SSSR count). The minimum absolute atomic E-state index is 0.0156. The van der Waals surface area contributed by atoms with Gasteiger partial charge in [-0.3, -0.25) is 14.2 Å². The van der Waals surface area contributed by atoms with E-state index in [1.165, 1.54) is 34.1 Å². The van der Waals surface area contributed by atoms with Gasteiger partial charge in [-0.15, -0.1) is 11.3 Å². The standard InChI is InChI=1S/C19H19N3O4S/c1-13(19(25)26)22(11-14-5-3-2-4-6-14)16(23)7-9-21-12-20-17-15(18(21)24)8-10-27-17/h2-6,8,10,12-13H,7,9,11H2,1H3,(H,25,26). The molecule has 0 radical (unpaired) electrons. The van der Waals surface area contributed by atoms with Gasteiger partial charge in [0, 0.05) is 19.5 Å². The van der Waals surface area contributed by atoms with Crippen molar-refractivity contribution in [1.29, 1.82) is 0 Å². The predicted molar refractivity (Wildman–Crippen MR) is 103 cm³/mol. The zero-order valence-electron chi connectivity index (χ0n) is 14.7. The molecule has 0 aliphatic heterocycles. The van der Waals surface area contributed by atoms with Crippen molar-refractivity contribution in [3.8, 4) is 0 Å². The van der Waals surface area contributed by atoms with Crippen molar-refractivity contribution in [3.63, 3.8) is 0 Å². The number of thiophene rings is 1. The summed E-state index contributed by atoms with van der Waals surface area (Å²) in [6.45, 7) is 1.83. The van der Waals surface area contributed by atoms with Gasteiger partial charge in [0.15, 0.2) is 0 Å². The molecule has 2 heterocycles. The fourth-order valence-electron chi connectivity index (χ4n) is 2.77. The van der Waals surface area contributed by atoms with Crippen LogP contribution in [0.25, 0.3) is 10.2 Å². The SMILES string of the molecule is CC(C(=O)O)N(Cc1ccccc1)C(=O)CCn1cnc2sccc2c1=O. The van der Waals surface area contributed by atoms with Crippen LogP contribution >= 0.6 is 11.3 Å². The van der Waals surface area contributed by atoms with Gasteiger partial charge in [-0.1, -0.05) is 30.3 Å². The predicted octanol–water partition coefficient (Wildman–Crippen LogP) is 2.35. The maximum atomic E-state index is 12.7. The molecule has 0 spiro atoms. The third kappa shape index (κ3) is 4.22. The number of hydrogen-bond donors (Lipinski definition) is 1. The first-order valence-corrected chi connectivity index (χ1v) is 9.34. The van der Waals surface area contributed by atoms with Crippen LogP contribution in [-0.2, 0) is 22.7 Å². The molecule has 2 aromatic heterocycles. The topological polar surface area (TPSA) is 92.5 Å². The molecule has 0 fully saturated rings. The Morgan fingerprint density at radius 2 is 2.00 bits per heavy atom. The summed E-state index contributed by atoms with van der Waals surface area (Å²) in [4.78, 5) is 42.8. The molecule has 0 bridgehead atoms. The van der Waals surface area contributed by atoms with E-state index in [1.54, 1.807) is 11.4 Å². The van der Waals surface area contributed by atoms with E-state index in [4.69, 9.17) is 0 Å². The van der Waals surface area contributed by atoms with Crippen LogP contribution in [-0.4, -0.2) is 37.5 Å². The van der Waals surface area contributed by atoms with Crippen molar-refractivity contribution in [2.45, 2.75) is 32.5 Å². The average molecular weight is 385 g/mol. The van der Waals surface area contributed by atoms with E-state index in [0.29, 0.717) is 10.2 Å². The molecule has 1 unspecified atom stereocenters. The lowest BCUT2D eigenvalue weighted by molar-refractivity contribution is -0.150. The second-order valence-electron chi connectivity index (χ2n) is 6.15. The van der Waals surface area contributed by atoms with Gasteiger partial charge in [0.05, 0.1) is 11.7 Å². The Morgan fingerprint density at radius 3 is 2.70 bits per heavy atom. The van der Waals surface area contributed by atoms with Crippen molar-refractivity contribution in [2.75, 3.05) is 0 Å². The van der Waals surface area contributed by atoms with Crippen LogP contribution in [0.4, 0.5) is 0 Å². The fourth-order valence-corrected chi connectivity index (χ4v) is 3.49. The maximum absolute atomic E-state index is 12.7. The number of benzene rings is 1. The highest BCUT2D eigenvalue weighted by Gasteiger charge is 2.25. The van der Waals surface area contributed by atoms with E-state index in [2.05, 4.69) is 4.98 Å². The number of carboxylic acid groups (broad SMARTS) is 1. The number of aromatic nitrogens is 2. The number of carbonyl (C=O) groups excluding carboxylic acids is 1. The molecule has 1 amide bonds. The van der Waals surface area contributed by atoms with Crippen molar-refractivity contribution in [3.05, 3.63) is 64.0 Å². The number of aliphatic carboxylic acids is 1. The summed E-state index contributed by atoms with van der Waals surface area (Å²) in [6, 6.07) is 9.96. The maximum Gasteiger partial charge on any atom is 0.326 e. The molecule has 140 valence electrons. The van der Waals surface area contributed by atoms with Crippen LogP contribution in [0.1, 0.15) is 18.9 Å². The second kappa shape index (κ2) is 8.13. The molecular weight excluding hydrogens is 366 g/mol. The Balaban J connectivity index is 1.76. The number of carbonyl (C=O) groups is 2. The Bertz CT molecular complexity index is 1010. The minimum Gasteiger partial charge on any atom is -0.480 e. The van der Waals surface area contributed by atoms with Crippen molar-refractivity contribution in [1.82, 2.24) is 14.5 Å². The van der Waals surface area contributed by atoms with Gasteiger partial charge in [-0.05, 0) is 23.9 Å². The molecule has 7 nitrogen and oxygen atoms in total. The lowest BCUT2D eigenvalue weighted by Gasteiger charge is -2.27. The Labute approximate surface area is 159 Å². The first-order chi connectivity index (χ1) is 13.0. The summed E-state index contributed by atoms with van der Waals surface area (Å²) in [5, 5.41) is 11.7. The van der Waals surface area contributed by atoms with E-state index >= 15 is 0 Å². The molecule has 0 aliphatic carbocycles. The first-order valence-electron chi connectivity index (χ1n) is 8.46. The summed E-state index contributed by atoms with van der Waals surface area (Å²) < 4.78 is 1.39. The zero-order chi connectivity index (χ0) is 19.4. The summed E-state index contributed by atoms with van der Waals surface area (Å²) in [5.74, 6) is -1.40. The monoisotopic (exact) mass is 385 g/mol. The van der Waals surface area contributed by atoms with E-state index < -0.39 is 12.0 Å². The highest BCUT2D eigenvalue weighted by atomic mass is 32.1. The van der Waals surface area contributed by atoms with Crippen LogP contribution in [0.2, 0.25) is 0 Å². The number of hydrogen-bond acceptors (Lipinski definition) is 5. The molecule has 0 aliphatic rings. The first kappa shape index (κ1) is 18.8. The van der Waals surface area contributed by atoms with Gasteiger partial charge >= 0.3 is 5.97 Å². The van der Waals surface area contributed by atoms with Crippen molar-refractivity contribution in [2.24, 2.45) is 0 Å². The quantitative estimate of drug-likeness (QED) is 0.674. The van der Waals surface area contributed by atoms with Crippen LogP contribution in [0.3, 0.4) is 0 Å². The van der Waals surface area contributed by atoms with E-state index in [-0.39, 0.29) is 31.0 Å². The smallest absolute Gasteiger partial charge is 0.326 e. The molecule has 3 aromatic rings. The van der Waals surface area contributed by atoms with E-state index in [1.807, 2.05) is 30.3 Å². The third-order valence-corrected chi connectivity index (χ3v) is 5.18. The summed E-state index contributed by atoms with van der Waals surface area (Å²) >= 11 is 1.38. The number of amides is 1. The number of fused-ring (bicyclic) bond motifs is 1. The minimum atomic E-state index is -1.07. The molecular formula is C19H19N3O4S. The lowest BCUT2D eigenvalue weighted by atomic mass is 10.1. The van der Waals surface area contributed by atoms with Gasteiger partial charge in [0.1, 0.15) is 10.9 Å². The highest BCUT2D eigenvalue weighted by molar-refractivity contribution is 7.16. The molecule has 27 heavy (non-hydrogen) atoms. The normalized spacial score (nSPS) is 12.0. The lowest BCUT2D eigenvalue weighted by Crippen LogP contribution is -2.43. The zero-order valence-corrected chi connectivity index (χ0v) is 15.6. The molecule has 1 N–H and O–H groups in total. The largest absolute Gasteiger partial charge is 0.480 e. The van der Waals surface area contributed by atoms with Gasteiger partial charge in [0.2, 0.25) is 5.91 Å². The Morgan fingerprint density at radius 1 is 1.26 bits per heavy atom. The molecule has 1 aromatic carbocycles. The summed E-state index contributed by atoms with van der Waals surface area (Å²) in [6.07, 6.45) is 1.44. The third-order valence-electron chi connectivity index (χ3n) is 4.36. The molecule has 0 saturated carbocycles. The fraction of sp³-hybridized carbons (Fsp3) is 0.263. The van der Waals surface area contributed by atoms with E-state index in [0.717, 1.165) is 5.56 Å². The Hall–Kier alpha value is -3.00. The summed E-state index contributed by atoms with van der Waals surface area (Å²) in [5.41, 5.74) is 0.646. The van der Waals surface area contributed by atoms with Gasteiger partial charge in [-0.2, -0.15) is 0 Å². The second-order valence-corrected chi connectivity index (χ2v) is 7.05. The number of carboxylic acids is 1. The number of nitrogens with zero attached hydrogens (tertiary/aromatic N) is 3. The average Bonchev–Trinajstić information content (AvgIpc) is 3.15. The molecule has 0 saturated heterocycles. The Kier molecular flexibility index (Phi) is 5.66. The van der Waals surface area contributed by atoms with Crippen LogP contribution in [0, 0.1) is 0 Å². The molecule has 1 atom stereocenters. The van der Waals surface area contributed by atoms with Crippen molar-refractivity contribution >= 4 is 33.4 Å².